The van der Waals surface area contributed by atoms with Gasteiger partial charge in [0.05, 0.1) is 6.54 Å². The van der Waals surface area contributed by atoms with Crippen LogP contribution in [0.2, 0.25) is 0 Å². The number of rotatable bonds is 4. The lowest BCUT2D eigenvalue weighted by atomic mass is 10.3. The van der Waals surface area contributed by atoms with Gasteiger partial charge in [-0.2, -0.15) is 9.47 Å². The number of aromatic nitrogens is 3. The lowest BCUT2D eigenvalue weighted by Gasteiger charge is -2.10. The van der Waals surface area contributed by atoms with E-state index in [4.69, 9.17) is 0 Å². The second-order valence-corrected chi connectivity index (χ2v) is 4.63. The Kier molecular flexibility index (Phi) is 3.65. The quantitative estimate of drug-likeness (QED) is 0.810. The summed E-state index contributed by atoms with van der Waals surface area (Å²) >= 11 is 1.38. The van der Waals surface area contributed by atoms with E-state index in [1.54, 1.807) is 6.07 Å². The highest BCUT2D eigenvalue weighted by atomic mass is 32.1. The van der Waals surface area contributed by atoms with Crippen LogP contribution in [0.5, 0.6) is 0 Å². The molecule has 2 heterocycles. The Hall–Kier alpha value is -1.53. The standard InChI is InChI=1S/C11H14N4OS/c1-14(2)6-7-15-11(16)4-3-9(12-15)10-5-8-17-13-10/h3-5,8H,6-7H2,1-2H3. The van der Waals surface area contributed by atoms with E-state index in [0.29, 0.717) is 6.54 Å². The average molecular weight is 250 g/mol. The first-order valence-electron chi connectivity index (χ1n) is 5.30. The minimum Gasteiger partial charge on any atom is -0.308 e. The van der Waals surface area contributed by atoms with Crippen LogP contribution in [0, 0.1) is 0 Å². The van der Waals surface area contributed by atoms with Gasteiger partial charge in [-0.1, -0.05) is 0 Å². The molecule has 17 heavy (non-hydrogen) atoms. The summed E-state index contributed by atoms with van der Waals surface area (Å²) < 4.78 is 5.69. The van der Waals surface area contributed by atoms with Gasteiger partial charge in [0.1, 0.15) is 11.4 Å². The molecule has 0 fully saturated rings. The van der Waals surface area contributed by atoms with E-state index >= 15 is 0 Å². The molecule has 2 aromatic heterocycles. The van der Waals surface area contributed by atoms with Crippen molar-refractivity contribution in [1.82, 2.24) is 19.1 Å². The van der Waals surface area contributed by atoms with Crippen molar-refractivity contribution in [3.63, 3.8) is 0 Å². The predicted molar refractivity (Wildman–Crippen MR) is 68.2 cm³/mol. The van der Waals surface area contributed by atoms with Crippen molar-refractivity contribution < 1.29 is 0 Å². The third kappa shape index (κ3) is 2.98. The van der Waals surface area contributed by atoms with Crippen LogP contribution in [0.15, 0.2) is 28.4 Å². The van der Waals surface area contributed by atoms with Crippen molar-refractivity contribution in [2.75, 3.05) is 20.6 Å². The van der Waals surface area contributed by atoms with Crippen LogP contribution in [-0.2, 0) is 6.54 Å². The fourth-order valence-corrected chi connectivity index (χ4v) is 1.90. The highest BCUT2D eigenvalue weighted by Gasteiger charge is 2.05. The summed E-state index contributed by atoms with van der Waals surface area (Å²) in [6.45, 7) is 1.37. The zero-order chi connectivity index (χ0) is 12.3. The monoisotopic (exact) mass is 250 g/mol. The zero-order valence-electron chi connectivity index (χ0n) is 9.83. The van der Waals surface area contributed by atoms with E-state index in [-0.39, 0.29) is 5.56 Å². The Balaban J connectivity index is 2.27. The summed E-state index contributed by atoms with van der Waals surface area (Å²) in [5, 5.41) is 6.20. The second-order valence-electron chi connectivity index (χ2n) is 3.97. The first-order valence-corrected chi connectivity index (χ1v) is 6.14. The van der Waals surface area contributed by atoms with Crippen molar-refractivity contribution >= 4 is 11.5 Å². The first-order chi connectivity index (χ1) is 8.16. The van der Waals surface area contributed by atoms with Crippen LogP contribution >= 0.6 is 11.5 Å². The van der Waals surface area contributed by atoms with E-state index in [1.165, 1.54) is 22.3 Å². The maximum absolute atomic E-state index is 11.6. The lowest BCUT2D eigenvalue weighted by molar-refractivity contribution is 0.368. The average Bonchev–Trinajstić information content (AvgIpc) is 2.81. The summed E-state index contributed by atoms with van der Waals surface area (Å²) in [7, 11) is 3.94. The molecular formula is C11H14N4OS. The molecule has 0 radical (unpaired) electrons. The summed E-state index contributed by atoms with van der Waals surface area (Å²) in [6.07, 6.45) is 0. The van der Waals surface area contributed by atoms with Gasteiger partial charge in [-0.3, -0.25) is 4.79 Å². The van der Waals surface area contributed by atoms with Crippen molar-refractivity contribution in [2.45, 2.75) is 6.54 Å². The predicted octanol–water partition coefficient (Wildman–Crippen LogP) is 0.928. The molecule has 0 aliphatic carbocycles. The minimum atomic E-state index is -0.0779. The van der Waals surface area contributed by atoms with Gasteiger partial charge in [0.15, 0.2) is 0 Å². The smallest absolute Gasteiger partial charge is 0.266 e. The van der Waals surface area contributed by atoms with Gasteiger partial charge in [0, 0.05) is 18.0 Å². The molecule has 0 amide bonds. The van der Waals surface area contributed by atoms with E-state index in [9.17, 15) is 4.79 Å². The fraction of sp³-hybridized carbons (Fsp3) is 0.364. The Morgan fingerprint density at radius 2 is 2.12 bits per heavy atom. The van der Waals surface area contributed by atoms with Crippen LogP contribution in [0.1, 0.15) is 0 Å². The third-order valence-corrected chi connectivity index (χ3v) is 2.89. The summed E-state index contributed by atoms with van der Waals surface area (Å²) in [5.74, 6) is 0. The Morgan fingerprint density at radius 3 is 2.76 bits per heavy atom. The fourth-order valence-electron chi connectivity index (χ4n) is 1.39. The topological polar surface area (TPSA) is 51.0 Å². The Labute approximate surface area is 103 Å². The van der Waals surface area contributed by atoms with Crippen LogP contribution in [0.4, 0.5) is 0 Å². The summed E-state index contributed by atoms with van der Waals surface area (Å²) in [5.41, 5.74) is 1.48. The van der Waals surface area contributed by atoms with Crippen LogP contribution in [-0.4, -0.2) is 39.7 Å². The van der Waals surface area contributed by atoms with Crippen molar-refractivity contribution in [3.8, 4) is 11.4 Å². The molecule has 0 atom stereocenters. The number of likely N-dealkylation sites (N-methyl/N-ethyl adjacent to an activating group) is 1. The van der Waals surface area contributed by atoms with Gasteiger partial charge < -0.3 is 4.90 Å². The molecular weight excluding hydrogens is 236 g/mol. The van der Waals surface area contributed by atoms with Gasteiger partial charge in [0.25, 0.3) is 5.56 Å². The van der Waals surface area contributed by atoms with Crippen molar-refractivity contribution in [3.05, 3.63) is 33.9 Å². The summed E-state index contributed by atoms with van der Waals surface area (Å²) in [6, 6.07) is 5.15. The SMILES string of the molecule is CN(C)CCn1nc(-c2ccsn2)ccc1=O. The lowest BCUT2D eigenvalue weighted by Crippen LogP contribution is -2.28. The minimum absolute atomic E-state index is 0.0779. The molecule has 0 N–H and O–H groups in total. The largest absolute Gasteiger partial charge is 0.308 e. The van der Waals surface area contributed by atoms with Gasteiger partial charge in [-0.05, 0) is 37.8 Å². The van der Waals surface area contributed by atoms with Crippen molar-refractivity contribution in [1.29, 1.82) is 0 Å². The molecule has 0 saturated heterocycles. The highest BCUT2D eigenvalue weighted by molar-refractivity contribution is 7.03. The van der Waals surface area contributed by atoms with E-state index in [0.717, 1.165) is 17.9 Å². The van der Waals surface area contributed by atoms with Crippen molar-refractivity contribution in [2.24, 2.45) is 0 Å². The van der Waals surface area contributed by atoms with E-state index in [2.05, 4.69) is 9.47 Å². The van der Waals surface area contributed by atoms with Gasteiger partial charge in [0.2, 0.25) is 0 Å². The van der Waals surface area contributed by atoms with Crippen LogP contribution < -0.4 is 5.56 Å². The van der Waals surface area contributed by atoms with Gasteiger partial charge >= 0.3 is 0 Å². The summed E-state index contributed by atoms with van der Waals surface area (Å²) in [4.78, 5) is 13.6. The molecule has 0 spiro atoms. The number of hydrogen-bond donors (Lipinski definition) is 0. The van der Waals surface area contributed by atoms with E-state index < -0.39 is 0 Å². The maximum atomic E-state index is 11.6. The van der Waals surface area contributed by atoms with Crippen LogP contribution in [0.25, 0.3) is 11.4 Å². The Bertz CT molecular complexity index is 533. The van der Waals surface area contributed by atoms with Gasteiger partial charge in [-0.15, -0.1) is 0 Å². The van der Waals surface area contributed by atoms with Crippen LogP contribution in [0.3, 0.4) is 0 Å². The molecule has 5 nitrogen and oxygen atoms in total. The van der Waals surface area contributed by atoms with E-state index in [1.807, 2.05) is 30.4 Å². The molecule has 0 aliphatic heterocycles. The molecule has 2 aromatic rings. The first kappa shape index (κ1) is 11.9. The zero-order valence-corrected chi connectivity index (χ0v) is 10.6. The normalized spacial score (nSPS) is 11.0. The molecule has 2 rings (SSSR count). The molecule has 0 bridgehead atoms. The second kappa shape index (κ2) is 5.20. The van der Waals surface area contributed by atoms with Gasteiger partial charge in [-0.25, -0.2) is 4.68 Å². The molecule has 0 saturated carbocycles. The molecule has 0 aliphatic rings. The molecule has 6 heteroatoms. The molecule has 0 aromatic carbocycles. The third-order valence-electron chi connectivity index (χ3n) is 2.33. The maximum Gasteiger partial charge on any atom is 0.266 e. The number of nitrogens with zero attached hydrogens (tertiary/aromatic N) is 4. The highest BCUT2D eigenvalue weighted by Crippen LogP contribution is 2.13. The Morgan fingerprint density at radius 1 is 1.29 bits per heavy atom. The molecule has 0 unspecified atom stereocenters. The molecule has 90 valence electrons. The number of hydrogen-bond acceptors (Lipinski definition) is 5.